The van der Waals surface area contributed by atoms with Crippen molar-refractivity contribution < 1.29 is 17.9 Å². The Morgan fingerprint density at radius 1 is 1.29 bits per heavy atom. The van der Waals surface area contributed by atoms with E-state index in [1.165, 1.54) is 18.4 Å². The highest BCUT2D eigenvalue weighted by Crippen LogP contribution is 2.16. The topological polar surface area (TPSA) is 75.7 Å². The minimum Gasteiger partial charge on any atom is -0.378 e. The molecule has 7 heteroatoms. The number of hydrogen-bond acceptors (Lipinski definition) is 5. The van der Waals surface area contributed by atoms with Gasteiger partial charge in [0.1, 0.15) is 0 Å². The van der Waals surface area contributed by atoms with Crippen LogP contribution in [0, 0.1) is 0 Å². The van der Waals surface area contributed by atoms with Crippen molar-refractivity contribution in [1.29, 1.82) is 0 Å². The van der Waals surface area contributed by atoms with Gasteiger partial charge in [-0.25, -0.2) is 8.42 Å². The molecule has 0 aliphatic carbocycles. The number of ether oxygens (including phenoxy) is 1. The van der Waals surface area contributed by atoms with E-state index in [0.29, 0.717) is 6.04 Å². The number of benzene rings is 1. The molecule has 0 aromatic heterocycles. The Morgan fingerprint density at radius 2 is 1.92 bits per heavy atom. The molecule has 2 rings (SSSR count). The number of rotatable bonds is 6. The van der Waals surface area contributed by atoms with Gasteiger partial charge in [-0.1, -0.05) is 12.1 Å². The molecule has 1 heterocycles. The van der Waals surface area contributed by atoms with E-state index in [4.69, 9.17) is 4.74 Å². The van der Waals surface area contributed by atoms with E-state index in [1.54, 1.807) is 19.2 Å². The van der Waals surface area contributed by atoms with Gasteiger partial charge in [-0.15, -0.1) is 0 Å². The van der Waals surface area contributed by atoms with Gasteiger partial charge < -0.3 is 10.1 Å². The van der Waals surface area contributed by atoms with Gasteiger partial charge in [0.05, 0.1) is 23.5 Å². The van der Waals surface area contributed by atoms with Crippen LogP contribution in [0.15, 0.2) is 29.2 Å². The molecule has 0 radical (unpaired) electrons. The maximum atomic E-state index is 12.3. The Morgan fingerprint density at radius 3 is 2.42 bits per heavy atom. The van der Waals surface area contributed by atoms with Gasteiger partial charge in [0.15, 0.2) is 9.84 Å². The molecule has 1 amide bonds. The molecule has 1 aromatic carbocycles. The highest BCUT2D eigenvalue weighted by atomic mass is 32.2. The summed E-state index contributed by atoms with van der Waals surface area (Å²) in [5.74, 6) is -0.0836. The molecule has 0 saturated carbocycles. The Hall–Kier alpha value is -1.44. The lowest BCUT2D eigenvalue weighted by Gasteiger charge is -2.20. The van der Waals surface area contributed by atoms with E-state index in [9.17, 15) is 13.2 Å². The van der Waals surface area contributed by atoms with Crippen molar-refractivity contribution in [1.82, 2.24) is 10.2 Å². The van der Waals surface area contributed by atoms with Crippen LogP contribution in [0.2, 0.25) is 0 Å². The van der Waals surface area contributed by atoms with E-state index < -0.39 is 9.84 Å². The summed E-state index contributed by atoms with van der Waals surface area (Å²) in [6.45, 7) is 5.83. The van der Waals surface area contributed by atoms with Gasteiger partial charge in [-0.05, 0) is 31.5 Å². The Kier molecular flexibility index (Phi) is 6.01. The van der Waals surface area contributed by atoms with E-state index in [2.05, 4.69) is 24.1 Å². The number of nitrogens with zero attached hydrogens (tertiary/aromatic N) is 1. The lowest BCUT2D eigenvalue weighted by atomic mass is 10.1. The fourth-order valence-corrected chi connectivity index (χ4v) is 3.53. The van der Waals surface area contributed by atoms with Crippen LogP contribution in [0.3, 0.4) is 0 Å². The number of carbonyl (C=O) groups excluding carboxylic acids is 1. The summed E-state index contributed by atoms with van der Waals surface area (Å²) in [5.41, 5.74) is 0.785. The van der Waals surface area contributed by atoms with Crippen LogP contribution in [0.5, 0.6) is 0 Å². The number of likely N-dealkylation sites (tertiary alicyclic amines) is 1. The number of methoxy groups -OCH3 is 1. The van der Waals surface area contributed by atoms with Gasteiger partial charge in [-0.2, -0.15) is 0 Å². The Balaban J connectivity index is 1.95. The zero-order valence-electron chi connectivity index (χ0n) is 14.7. The largest absolute Gasteiger partial charge is 0.378 e. The molecule has 6 nitrogen and oxygen atoms in total. The Labute approximate surface area is 144 Å². The molecule has 1 aliphatic heterocycles. The molecule has 24 heavy (non-hydrogen) atoms. The molecular weight excluding hydrogens is 328 g/mol. The molecule has 0 spiro atoms. The molecule has 1 fully saturated rings. The maximum Gasteiger partial charge on any atom is 0.224 e. The second-order valence-electron chi connectivity index (χ2n) is 6.59. The number of amides is 1. The molecule has 1 aliphatic rings. The first-order valence-corrected chi connectivity index (χ1v) is 9.95. The zero-order valence-corrected chi connectivity index (χ0v) is 15.5. The van der Waals surface area contributed by atoms with Crippen molar-refractivity contribution in [2.45, 2.75) is 43.4 Å². The van der Waals surface area contributed by atoms with Crippen LogP contribution >= 0.6 is 0 Å². The Bertz CT molecular complexity index is 670. The van der Waals surface area contributed by atoms with Crippen LogP contribution in [0.1, 0.15) is 19.4 Å². The molecule has 1 aromatic rings. The first-order chi connectivity index (χ1) is 11.2. The number of hydrogen-bond donors (Lipinski definition) is 1. The summed E-state index contributed by atoms with van der Waals surface area (Å²) in [4.78, 5) is 14.8. The fraction of sp³-hybridized carbons (Fsp3) is 0.588. The summed E-state index contributed by atoms with van der Waals surface area (Å²) in [6.07, 6.45) is 1.38. The molecule has 134 valence electrons. The van der Waals surface area contributed by atoms with Crippen LogP contribution in [-0.4, -0.2) is 63.9 Å². The second-order valence-corrected chi connectivity index (χ2v) is 8.60. The monoisotopic (exact) mass is 354 g/mol. The lowest BCUT2D eigenvalue weighted by molar-refractivity contribution is -0.121. The first kappa shape index (κ1) is 18.9. The van der Waals surface area contributed by atoms with Gasteiger partial charge in [-0.3, -0.25) is 9.69 Å². The normalized spacial score (nSPS) is 22.0. The third-order valence-corrected chi connectivity index (χ3v) is 5.52. The van der Waals surface area contributed by atoms with E-state index in [-0.39, 0.29) is 29.4 Å². The summed E-state index contributed by atoms with van der Waals surface area (Å²) < 4.78 is 28.4. The van der Waals surface area contributed by atoms with E-state index in [0.717, 1.165) is 18.7 Å². The second kappa shape index (κ2) is 7.63. The summed E-state index contributed by atoms with van der Waals surface area (Å²) in [6, 6.07) is 6.81. The SMILES string of the molecule is CO[C@@H]1CN(C(C)C)C[C@H]1NC(=O)Cc1ccc(S(C)(=O)=O)cc1. The average Bonchev–Trinajstić information content (AvgIpc) is 2.90. The van der Waals surface area contributed by atoms with Gasteiger partial charge in [0, 0.05) is 32.5 Å². The first-order valence-electron chi connectivity index (χ1n) is 8.06. The number of carbonyl (C=O) groups is 1. The highest BCUT2D eigenvalue weighted by molar-refractivity contribution is 7.90. The van der Waals surface area contributed by atoms with Crippen molar-refractivity contribution in [3.05, 3.63) is 29.8 Å². The summed E-state index contributed by atoms with van der Waals surface area (Å²) in [5, 5.41) is 3.03. The lowest BCUT2D eigenvalue weighted by Crippen LogP contribution is -2.44. The van der Waals surface area contributed by atoms with Crippen molar-refractivity contribution in [3.63, 3.8) is 0 Å². The van der Waals surface area contributed by atoms with Gasteiger partial charge in [0.2, 0.25) is 5.91 Å². The zero-order chi connectivity index (χ0) is 17.9. The van der Waals surface area contributed by atoms with Crippen LogP contribution in [-0.2, 0) is 25.8 Å². The predicted octanol–water partition coefficient (Wildman–Crippen LogP) is 0.856. The van der Waals surface area contributed by atoms with E-state index >= 15 is 0 Å². The number of nitrogens with one attached hydrogen (secondary N) is 1. The maximum absolute atomic E-state index is 12.3. The van der Waals surface area contributed by atoms with Gasteiger partial charge in [0.25, 0.3) is 0 Å². The van der Waals surface area contributed by atoms with Crippen LogP contribution in [0.25, 0.3) is 0 Å². The standard InChI is InChI=1S/C17H26N2O4S/c1-12(2)19-10-15(16(11-19)23-3)18-17(20)9-13-5-7-14(8-6-13)24(4,21)22/h5-8,12,15-16H,9-11H2,1-4H3,(H,18,20)/t15-,16-/m1/s1. The van der Waals surface area contributed by atoms with Crippen molar-refractivity contribution in [2.24, 2.45) is 0 Å². The van der Waals surface area contributed by atoms with Crippen LogP contribution < -0.4 is 5.32 Å². The number of sulfone groups is 1. The quantitative estimate of drug-likeness (QED) is 0.820. The third kappa shape index (κ3) is 4.78. The van der Waals surface area contributed by atoms with E-state index in [1.807, 2.05) is 0 Å². The summed E-state index contributed by atoms with van der Waals surface area (Å²) >= 11 is 0. The molecular formula is C17H26N2O4S. The molecule has 1 N–H and O–H groups in total. The minimum atomic E-state index is -3.21. The fourth-order valence-electron chi connectivity index (χ4n) is 2.90. The van der Waals surface area contributed by atoms with Crippen molar-refractivity contribution in [2.75, 3.05) is 26.5 Å². The molecule has 1 saturated heterocycles. The molecule has 0 unspecified atom stereocenters. The van der Waals surface area contributed by atoms with Crippen molar-refractivity contribution >= 4 is 15.7 Å². The molecule has 0 bridgehead atoms. The predicted molar refractivity (Wildman–Crippen MR) is 92.7 cm³/mol. The third-order valence-electron chi connectivity index (χ3n) is 4.39. The average molecular weight is 354 g/mol. The summed E-state index contributed by atoms with van der Waals surface area (Å²) in [7, 11) is -1.55. The van der Waals surface area contributed by atoms with Crippen molar-refractivity contribution in [3.8, 4) is 0 Å². The molecule has 2 atom stereocenters. The minimum absolute atomic E-state index is 0.0102. The highest BCUT2D eigenvalue weighted by Gasteiger charge is 2.34. The van der Waals surface area contributed by atoms with Gasteiger partial charge >= 0.3 is 0 Å². The van der Waals surface area contributed by atoms with Crippen LogP contribution in [0.4, 0.5) is 0 Å². The smallest absolute Gasteiger partial charge is 0.224 e.